The number of carbonyl (C=O) groups excluding carboxylic acids is 1. The van der Waals surface area contributed by atoms with Gasteiger partial charge in [0.05, 0.1) is 5.57 Å². The number of imidazole rings is 1. The van der Waals surface area contributed by atoms with Crippen molar-refractivity contribution in [2.75, 3.05) is 12.8 Å². The van der Waals surface area contributed by atoms with Crippen LogP contribution in [-0.2, 0) is 0 Å². The molecule has 0 saturated heterocycles. The van der Waals surface area contributed by atoms with Gasteiger partial charge in [0.1, 0.15) is 28.7 Å². The van der Waals surface area contributed by atoms with Crippen molar-refractivity contribution < 1.29 is 18.0 Å². The molecule has 0 aliphatic heterocycles. The molecule has 1 unspecified atom stereocenters. The minimum atomic E-state index is -4.62. The van der Waals surface area contributed by atoms with Crippen LogP contribution in [0.4, 0.5) is 19.0 Å². The molecule has 0 bridgehead atoms. The fraction of sp³-hybridized carbons (Fsp3) is 0.333. The van der Waals surface area contributed by atoms with E-state index in [9.17, 15) is 18.0 Å². The summed E-state index contributed by atoms with van der Waals surface area (Å²) in [5, 5.41) is 2.39. The van der Waals surface area contributed by atoms with E-state index in [0.717, 1.165) is 31.2 Å². The molecule has 3 rings (SSSR count). The Morgan fingerprint density at radius 3 is 2.53 bits per heavy atom. The number of nitrogens with two attached hydrogens (primary N) is 2. The van der Waals surface area contributed by atoms with Gasteiger partial charge in [0.2, 0.25) is 0 Å². The second-order valence-electron chi connectivity index (χ2n) is 8.99. The van der Waals surface area contributed by atoms with Crippen LogP contribution in [0.25, 0.3) is 16.8 Å². The first-order valence-corrected chi connectivity index (χ1v) is 12.2. The molecule has 0 spiro atoms. The standard InChI is InChI=1S/C27H32F3N7O/c1-5-7-19(14-16(3)31)25-36-22(23-24(32)34-12-13-37(23)25)17-8-10-18(11-9-17)26(38)35-21(33-4)15-20(6-2)27(28,29)30/h6,8-13,15-16,19H,2,5,7,14,31H2,1,3-4H3,(H2,32,34)(H,33,35,38)/b20-15+/t16-,19?/m0/s1. The fourth-order valence-electron chi connectivity index (χ4n) is 4.25. The number of aromatic nitrogens is 3. The summed E-state index contributed by atoms with van der Waals surface area (Å²) in [6, 6.07) is 6.52. The first kappa shape index (κ1) is 28.6. The van der Waals surface area contributed by atoms with Gasteiger partial charge in [-0.3, -0.25) is 14.2 Å². The lowest BCUT2D eigenvalue weighted by atomic mass is 9.95. The average molecular weight is 528 g/mol. The largest absolute Gasteiger partial charge is 0.416 e. The molecule has 0 radical (unpaired) electrons. The molecule has 1 aromatic carbocycles. The number of nitrogens with one attached hydrogen (secondary N) is 1. The van der Waals surface area contributed by atoms with E-state index in [1.807, 2.05) is 17.5 Å². The lowest BCUT2D eigenvalue weighted by Gasteiger charge is -2.17. The Morgan fingerprint density at radius 2 is 1.97 bits per heavy atom. The molecule has 202 valence electrons. The van der Waals surface area contributed by atoms with Gasteiger partial charge in [-0.15, -0.1) is 0 Å². The van der Waals surface area contributed by atoms with Crippen molar-refractivity contribution in [3.05, 3.63) is 72.4 Å². The van der Waals surface area contributed by atoms with Crippen molar-refractivity contribution in [2.24, 2.45) is 10.7 Å². The number of alkyl halides is 3. The van der Waals surface area contributed by atoms with Crippen LogP contribution in [0.2, 0.25) is 0 Å². The van der Waals surface area contributed by atoms with Gasteiger partial charge in [0.15, 0.2) is 0 Å². The van der Waals surface area contributed by atoms with Crippen LogP contribution in [-0.4, -0.2) is 45.4 Å². The van der Waals surface area contributed by atoms with Gasteiger partial charge in [0.25, 0.3) is 5.91 Å². The molecule has 11 heteroatoms. The number of carbonyl (C=O) groups is 1. The summed E-state index contributed by atoms with van der Waals surface area (Å²) in [6.07, 6.45) is 2.83. The summed E-state index contributed by atoms with van der Waals surface area (Å²) in [4.78, 5) is 25.6. The number of aliphatic imine (C=N–C) groups is 1. The highest BCUT2D eigenvalue weighted by Crippen LogP contribution is 2.34. The minimum Gasteiger partial charge on any atom is -0.382 e. The van der Waals surface area contributed by atoms with Crippen molar-refractivity contribution in [2.45, 2.75) is 51.2 Å². The molecule has 38 heavy (non-hydrogen) atoms. The number of benzene rings is 1. The first-order chi connectivity index (χ1) is 18.0. The third-order valence-corrected chi connectivity index (χ3v) is 6.01. The molecule has 2 heterocycles. The van der Waals surface area contributed by atoms with Gasteiger partial charge in [-0.25, -0.2) is 9.97 Å². The van der Waals surface area contributed by atoms with E-state index in [0.29, 0.717) is 28.7 Å². The van der Waals surface area contributed by atoms with Crippen LogP contribution in [0.5, 0.6) is 0 Å². The van der Waals surface area contributed by atoms with E-state index in [2.05, 4.69) is 28.8 Å². The lowest BCUT2D eigenvalue weighted by Crippen LogP contribution is -2.30. The first-order valence-electron chi connectivity index (χ1n) is 12.2. The Bertz CT molecular complexity index is 1360. The summed E-state index contributed by atoms with van der Waals surface area (Å²) in [7, 11) is 1.28. The van der Waals surface area contributed by atoms with Crippen molar-refractivity contribution in [1.82, 2.24) is 19.7 Å². The van der Waals surface area contributed by atoms with Crippen molar-refractivity contribution in [3.8, 4) is 11.3 Å². The van der Waals surface area contributed by atoms with Crippen LogP contribution in [0.3, 0.4) is 0 Å². The molecule has 3 aromatic rings. The minimum absolute atomic E-state index is 0.00980. The Balaban J connectivity index is 1.95. The molecule has 0 fully saturated rings. The van der Waals surface area contributed by atoms with Crippen molar-refractivity contribution >= 4 is 23.1 Å². The highest BCUT2D eigenvalue weighted by molar-refractivity contribution is 6.10. The Morgan fingerprint density at radius 1 is 1.29 bits per heavy atom. The number of amides is 1. The maximum absolute atomic E-state index is 13.0. The molecule has 0 saturated carbocycles. The van der Waals surface area contributed by atoms with Gasteiger partial charge in [-0.1, -0.05) is 38.1 Å². The molecule has 0 aliphatic rings. The third kappa shape index (κ3) is 6.46. The third-order valence-electron chi connectivity index (χ3n) is 6.01. The zero-order chi connectivity index (χ0) is 28.0. The van der Waals surface area contributed by atoms with Crippen LogP contribution in [0.15, 0.2) is 66.0 Å². The number of halogens is 3. The summed E-state index contributed by atoms with van der Waals surface area (Å²) in [6.45, 7) is 7.24. The molecule has 2 atom stereocenters. The molecular formula is C27H32F3N7O. The van der Waals surface area contributed by atoms with E-state index in [-0.39, 0.29) is 23.4 Å². The van der Waals surface area contributed by atoms with Gasteiger partial charge >= 0.3 is 6.18 Å². The van der Waals surface area contributed by atoms with E-state index in [4.69, 9.17) is 16.5 Å². The second kappa shape index (κ2) is 12.0. The summed E-state index contributed by atoms with van der Waals surface area (Å²) in [5.41, 5.74) is 13.5. The molecule has 5 N–H and O–H groups in total. The van der Waals surface area contributed by atoms with Crippen molar-refractivity contribution in [1.29, 1.82) is 0 Å². The number of nitrogens with zero attached hydrogens (tertiary/aromatic N) is 4. The number of hydrogen-bond acceptors (Lipinski definition) is 6. The maximum atomic E-state index is 13.0. The van der Waals surface area contributed by atoms with Gasteiger partial charge < -0.3 is 16.8 Å². The number of nitrogen functional groups attached to an aromatic ring is 1. The average Bonchev–Trinajstić information content (AvgIpc) is 3.26. The SMILES string of the molecule is C=C/C(=C\C(=NC)NC(=O)c1ccc(-c2nc(C(CCC)C[C@H](C)N)n3ccnc(N)c23)cc1)C(F)(F)F. The summed E-state index contributed by atoms with van der Waals surface area (Å²) in [5.74, 6) is 0.410. The number of anilines is 1. The molecule has 8 nitrogen and oxygen atoms in total. The highest BCUT2D eigenvalue weighted by atomic mass is 19.4. The van der Waals surface area contributed by atoms with Gasteiger partial charge in [-0.2, -0.15) is 13.2 Å². The summed E-state index contributed by atoms with van der Waals surface area (Å²) >= 11 is 0. The summed E-state index contributed by atoms with van der Waals surface area (Å²) < 4.78 is 41.1. The van der Waals surface area contributed by atoms with Crippen LogP contribution >= 0.6 is 0 Å². The zero-order valence-corrected chi connectivity index (χ0v) is 21.6. The Hall–Kier alpha value is -3.99. The van der Waals surface area contributed by atoms with E-state index in [1.54, 1.807) is 30.5 Å². The normalized spacial score (nSPS) is 14.4. The van der Waals surface area contributed by atoms with Crippen molar-refractivity contribution in [3.63, 3.8) is 0 Å². The predicted molar refractivity (Wildman–Crippen MR) is 144 cm³/mol. The van der Waals surface area contributed by atoms with Crippen LogP contribution < -0.4 is 16.8 Å². The second-order valence-corrected chi connectivity index (χ2v) is 8.99. The highest BCUT2D eigenvalue weighted by Gasteiger charge is 2.32. The molecule has 2 aromatic heterocycles. The monoisotopic (exact) mass is 527 g/mol. The number of allylic oxidation sites excluding steroid dienone is 2. The quantitative estimate of drug-likeness (QED) is 0.205. The number of rotatable bonds is 9. The Kier molecular flexibility index (Phi) is 9.05. The topological polar surface area (TPSA) is 124 Å². The molecular weight excluding hydrogens is 495 g/mol. The Labute approximate surface area is 219 Å². The van der Waals surface area contributed by atoms with E-state index in [1.165, 1.54) is 7.05 Å². The van der Waals surface area contributed by atoms with E-state index < -0.39 is 17.7 Å². The predicted octanol–water partition coefficient (Wildman–Crippen LogP) is 5.03. The molecule has 0 aliphatic carbocycles. The number of hydrogen-bond donors (Lipinski definition) is 3. The smallest absolute Gasteiger partial charge is 0.382 e. The van der Waals surface area contributed by atoms with E-state index >= 15 is 0 Å². The fourth-order valence-corrected chi connectivity index (χ4v) is 4.25. The molecule has 1 amide bonds. The van der Waals surface area contributed by atoms with Crippen LogP contribution in [0, 0.1) is 0 Å². The van der Waals surface area contributed by atoms with Gasteiger partial charge in [0, 0.05) is 42.5 Å². The number of amidine groups is 1. The van der Waals surface area contributed by atoms with Gasteiger partial charge in [-0.05, 0) is 38.0 Å². The lowest BCUT2D eigenvalue weighted by molar-refractivity contribution is -0.0880. The maximum Gasteiger partial charge on any atom is 0.416 e. The zero-order valence-electron chi connectivity index (χ0n) is 21.6. The van der Waals surface area contributed by atoms with Crippen LogP contribution in [0.1, 0.15) is 55.2 Å². The number of fused-ring (bicyclic) bond motifs is 1.